The lowest BCUT2D eigenvalue weighted by molar-refractivity contribution is 0.0132. The average molecular weight is 574 g/mol. The van der Waals surface area contributed by atoms with Crippen molar-refractivity contribution in [2.24, 2.45) is 10.9 Å². The monoisotopic (exact) mass is 573 g/mol. The van der Waals surface area contributed by atoms with Crippen LogP contribution in [0.15, 0.2) is 29.3 Å². The van der Waals surface area contributed by atoms with Crippen LogP contribution >= 0.6 is 24.0 Å². The van der Waals surface area contributed by atoms with Gasteiger partial charge in [0.05, 0.1) is 19.8 Å². The van der Waals surface area contributed by atoms with Gasteiger partial charge >= 0.3 is 0 Å². The largest absolute Gasteiger partial charge is 0.379 e. The van der Waals surface area contributed by atoms with Crippen molar-refractivity contribution in [1.82, 2.24) is 20.4 Å². The first kappa shape index (κ1) is 29.6. The molecule has 1 aliphatic rings. The van der Waals surface area contributed by atoms with Gasteiger partial charge in [-0.1, -0.05) is 26.0 Å². The number of aliphatic imine (C=N–C) groups is 1. The summed E-state index contributed by atoms with van der Waals surface area (Å²) >= 11 is 0. The second-order valence-electron chi connectivity index (χ2n) is 8.68. The highest BCUT2D eigenvalue weighted by atomic mass is 127. The second kappa shape index (κ2) is 16.3. The molecule has 1 aromatic rings. The molecule has 1 saturated heterocycles. The summed E-state index contributed by atoms with van der Waals surface area (Å²) < 4.78 is 5.53. The van der Waals surface area contributed by atoms with Crippen molar-refractivity contribution in [1.29, 1.82) is 0 Å². The van der Waals surface area contributed by atoms with E-state index in [-0.39, 0.29) is 29.9 Å². The predicted octanol–water partition coefficient (Wildman–Crippen LogP) is 3.59. The van der Waals surface area contributed by atoms with Gasteiger partial charge in [-0.3, -0.25) is 9.69 Å². The maximum absolute atomic E-state index is 12.5. The van der Waals surface area contributed by atoms with Gasteiger partial charge in [0.15, 0.2) is 5.96 Å². The smallest absolute Gasteiger partial charge is 0.253 e. The molecule has 33 heavy (non-hydrogen) atoms. The highest BCUT2D eigenvalue weighted by molar-refractivity contribution is 14.0. The van der Waals surface area contributed by atoms with E-state index in [0.29, 0.717) is 18.5 Å². The molecule has 1 atom stereocenters. The molecule has 2 N–H and O–H groups in total. The number of halogens is 1. The molecule has 0 radical (unpaired) electrons. The fourth-order valence-corrected chi connectivity index (χ4v) is 4.02. The van der Waals surface area contributed by atoms with Crippen molar-refractivity contribution < 1.29 is 9.53 Å². The van der Waals surface area contributed by atoms with Crippen molar-refractivity contribution >= 4 is 35.8 Å². The minimum absolute atomic E-state index is 0. The first-order chi connectivity index (χ1) is 15.5. The van der Waals surface area contributed by atoms with Crippen LogP contribution in [-0.2, 0) is 11.3 Å². The molecule has 1 fully saturated rings. The molecule has 0 aliphatic carbocycles. The Hall–Kier alpha value is -1.39. The van der Waals surface area contributed by atoms with E-state index in [1.807, 2.05) is 43.0 Å². The summed E-state index contributed by atoms with van der Waals surface area (Å²) in [5.41, 5.74) is 1.82. The molecule has 2 rings (SSSR count). The molecule has 0 spiro atoms. The van der Waals surface area contributed by atoms with Crippen LogP contribution in [0.1, 0.15) is 57.0 Å². The summed E-state index contributed by atoms with van der Waals surface area (Å²) in [6.07, 6.45) is 1.15. The maximum Gasteiger partial charge on any atom is 0.253 e. The van der Waals surface area contributed by atoms with Crippen LogP contribution in [0.4, 0.5) is 0 Å². The standard InChI is InChI=1S/C25H43N5O2.HI/c1-6-26-25(28-19-23(17-20(4)5)30-13-15-32-16-14-30)27-18-21-9-11-22(12-10-21)24(31)29(7-2)8-3;/h9-12,20,23H,6-8,13-19H2,1-5H3,(H2,26,27,28);1H. The summed E-state index contributed by atoms with van der Waals surface area (Å²) in [6, 6.07) is 8.28. The topological polar surface area (TPSA) is 69.2 Å². The number of ether oxygens (including phenoxy) is 1. The third-order valence-electron chi connectivity index (χ3n) is 5.83. The van der Waals surface area contributed by atoms with Crippen LogP contribution < -0.4 is 10.6 Å². The molecule has 0 saturated carbocycles. The Morgan fingerprint density at radius 2 is 1.73 bits per heavy atom. The number of guanidine groups is 1. The van der Waals surface area contributed by atoms with Crippen LogP contribution in [0.5, 0.6) is 0 Å². The zero-order valence-electron chi connectivity index (χ0n) is 21.1. The Kier molecular flexibility index (Phi) is 14.6. The van der Waals surface area contributed by atoms with Crippen molar-refractivity contribution in [3.8, 4) is 0 Å². The maximum atomic E-state index is 12.5. The molecule has 8 heteroatoms. The van der Waals surface area contributed by atoms with Crippen LogP contribution in [0.3, 0.4) is 0 Å². The highest BCUT2D eigenvalue weighted by Gasteiger charge is 2.22. The van der Waals surface area contributed by atoms with E-state index in [1.165, 1.54) is 0 Å². The van der Waals surface area contributed by atoms with E-state index >= 15 is 0 Å². The van der Waals surface area contributed by atoms with Crippen LogP contribution in [0.2, 0.25) is 0 Å². The third-order valence-corrected chi connectivity index (χ3v) is 5.83. The number of benzene rings is 1. The lowest BCUT2D eigenvalue weighted by Crippen LogP contribution is -2.51. The van der Waals surface area contributed by atoms with Crippen LogP contribution in [0.25, 0.3) is 0 Å². The summed E-state index contributed by atoms with van der Waals surface area (Å²) in [5.74, 6) is 1.55. The van der Waals surface area contributed by atoms with E-state index in [0.717, 1.165) is 76.0 Å². The number of carbonyl (C=O) groups is 1. The lowest BCUT2D eigenvalue weighted by Gasteiger charge is -2.35. The summed E-state index contributed by atoms with van der Waals surface area (Å²) in [7, 11) is 0. The van der Waals surface area contributed by atoms with Crippen molar-refractivity contribution in [2.45, 2.75) is 53.6 Å². The van der Waals surface area contributed by atoms with Gasteiger partial charge in [-0.2, -0.15) is 0 Å². The van der Waals surface area contributed by atoms with E-state index in [4.69, 9.17) is 9.73 Å². The molecule has 0 aromatic heterocycles. The van der Waals surface area contributed by atoms with E-state index in [9.17, 15) is 4.79 Å². The van der Waals surface area contributed by atoms with Gasteiger partial charge in [0, 0.05) is 50.9 Å². The number of carbonyl (C=O) groups excluding carboxylic acids is 1. The normalized spacial score (nSPS) is 15.6. The molecule has 7 nitrogen and oxygen atoms in total. The van der Waals surface area contributed by atoms with Gasteiger partial charge in [-0.15, -0.1) is 24.0 Å². The number of morpholine rings is 1. The van der Waals surface area contributed by atoms with Gasteiger partial charge in [0.1, 0.15) is 0 Å². The fraction of sp³-hybridized carbons (Fsp3) is 0.680. The molecule has 1 aliphatic heterocycles. The van der Waals surface area contributed by atoms with Crippen LogP contribution in [-0.4, -0.2) is 80.2 Å². The number of nitrogens with one attached hydrogen (secondary N) is 2. The van der Waals surface area contributed by atoms with Gasteiger partial charge in [0.25, 0.3) is 5.91 Å². The summed E-state index contributed by atoms with van der Waals surface area (Å²) in [6.45, 7) is 18.0. The summed E-state index contributed by atoms with van der Waals surface area (Å²) in [5, 5.41) is 6.91. The molecule has 1 amide bonds. The Bertz CT molecular complexity index is 701. The van der Waals surface area contributed by atoms with Gasteiger partial charge in [0.2, 0.25) is 0 Å². The SMILES string of the molecule is CCNC(=NCc1ccc(C(=O)N(CC)CC)cc1)NCC(CC(C)C)N1CCOCC1.I. The Labute approximate surface area is 217 Å². The van der Waals surface area contributed by atoms with Crippen molar-refractivity contribution in [3.63, 3.8) is 0 Å². The minimum Gasteiger partial charge on any atom is -0.379 e. The lowest BCUT2D eigenvalue weighted by atomic mass is 10.0. The Morgan fingerprint density at radius 1 is 1.09 bits per heavy atom. The summed E-state index contributed by atoms with van der Waals surface area (Å²) in [4.78, 5) is 21.6. The second-order valence-corrected chi connectivity index (χ2v) is 8.68. The Morgan fingerprint density at radius 3 is 2.27 bits per heavy atom. The third kappa shape index (κ3) is 10.2. The van der Waals surface area contributed by atoms with E-state index < -0.39 is 0 Å². The first-order valence-electron chi connectivity index (χ1n) is 12.2. The fourth-order valence-electron chi connectivity index (χ4n) is 4.02. The quantitative estimate of drug-likeness (QED) is 0.241. The number of amides is 1. The highest BCUT2D eigenvalue weighted by Crippen LogP contribution is 2.13. The Balaban J connectivity index is 0.00000544. The number of hydrogen-bond acceptors (Lipinski definition) is 4. The number of rotatable bonds is 11. The molecule has 188 valence electrons. The molecule has 0 bridgehead atoms. The van der Waals surface area contributed by atoms with Crippen LogP contribution in [0, 0.1) is 5.92 Å². The first-order valence-corrected chi connectivity index (χ1v) is 12.2. The average Bonchev–Trinajstić information content (AvgIpc) is 2.81. The van der Waals surface area contributed by atoms with Gasteiger partial charge < -0.3 is 20.3 Å². The molecular formula is C25H44IN5O2. The number of nitrogens with zero attached hydrogens (tertiary/aromatic N) is 3. The molecule has 1 heterocycles. The predicted molar refractivity (Wildman–Crippen MR) is 148 cm³/mol. The number of hydrogen-bond donors (Lipinski definition) is 2. The molecule has 1 aromatic carbocycles. The molecular weight excluding hydrogens is 529 g/mol. The van der Waals surface area contributed by atoms with Gasteiger partial charge in [-0.25, -0.2) is 4.99 Å². The van der Waals surface area contributed by atoms with Gasteiger partial charge in [-0.05, 0) is 50.8 Å². The van der Waals surface area contributed by atoms with Crippen molar-refractivity contribution in [3.05, 3.63) is 35.4 Å². The van der Waals surface area contributed by atoms with E-state index in [2.05, 4.69) is 36.3 Å². The van der Waals surface area contributed by atoms with E-state index in [1.54, 1.807) is 0 Å². The zero-order valence-corrected chi connectivity index (χ0v) is 23.4. The molecule has 1 unspecified atom stereocenters. The minimum atomic E-state index is 0. The van der Waals surface area contributed by atoms with Crippen molar-refractivity contribution in [2.75, 3.05) is 52.5 Å². The zero-order chi connectivity index (χ0) is 23.3.